The standard InChI is InChI=1S/C16H14O2S/c1-18-14-4-5-15-12(9-14)2-3-13(16(15)17)8-11-6-7-19-10-11/h4-10H,2-3H2,1H3/b13-8+. The van der Waals surface area contributed by atoms with E-state index in [1.165, 1.54) is 0 Å². The Hall–Kier alpha value is -1.87. The molecule has 3 heteroatoms. The average molecular weight is 270 g/mol. The van der Waals surface area contributed by atoms with Crippen LogP contribution in [-0.4, -0.2) is 12.9 Å². The lowest BCUT2D eigenvalue weighted by molar-refractivity contribution is 0.102. The van der Waals surface area contributed by atoms with E-state index in [2.05, 4.69) is 5.38 Å². The van der Waals surface area contributed by atoms with Crippen molar-refractivity contribution in [2.75, 3.05) is 7.11 Å². The largest absolute Gasteiger partial charge is 0.497 e. The quantitative estimate of drug-likeness (QED) is 0.772. The monoisotopic (exact) mass is 270 g/mol. The molecule has 0 amide bonds. The summed E-state index contributed by atoms with van der Waals surface area (Å²) < 4.78 is 5.20. The summed E-state index contributed by atoms with van der Waals surface area (Å²) in [6, 6.07) is 7.73. The first-order valence-corrected chi connectivity index (χ1v) is 7.16. The fraction of sp³-hybridized carbons (Fsp3) is 0.188. The van der Waals surface area contributed by atoms with E-state index in [1.54, 1.807) is 18.4 Å². The highest BCUT2D eigenvalue weighted by Crippen LogP contribution is 2.29. The molecule has 0 unspecified atom stereocenters. The van der Waals surface area contributed by atoms with Gasteiger partial charge in [-0.15, -0.1) is 0 Å². The Morgan fingerprint density at radius 3 is 2.89 bits per heavy atom. The first-order chi connectivity index (χ1) is 9.28. The molecule has 1 aliphatic rings. The van der Waals surface area contributed by atoms with Crippen LogP contribution in [0, 0.1) is 0 Å². The third-order valence-electron chi connectivity index (χ3n) is 3.40. The number of Topliss-reactive ketones (excluding diaryl/α,β-unsaturated/α-hetero) is 1. The van der Waals surface area contributed by atoms with Crippen molar-refractivity contribution in [3.8, 4) is 5.75 Å². The molecule has 1 heterocycles. The number of hydrogen-bond acceptors (Lipinski definition) is 3. The molecule has 0 aliphatic heterocycles. The first-order valence-electron chi connectivity index (χ1n) is 6.22. The van der Waals surface area contributed by atoms with E-state index < -0.39 is 0 Å². The summed E-state index contributed by atoms with van der Waals surface area (Å²) in [4.78, 5) is 12.4. The van der Waals surface area contributed by atoms with Crippen molar-refractivity contribution in [3.05, 3.63) is 57.3 Å². The highest BCUT2D eigenvalue weighted by atomic mass is 32.1. The number of fused-ring (bicyclic) bond motifs is 1. The average Bonchev–Trinajstić information content (AvgIpc) is 2.94. The number of aryl methyl sites for hydroxylation is 1. The van der Waals surface area contributed by atoms with Crippen molar-refractivity contribution in [2.45, 2.75) is 12.8 Å². The molecular weight excluding hydrogens is 256 g/mol. The molecule has 2 nitrogen and oxygen atoms in total. The van der Waals surface area contributed by atoms with E-state index in [1.807, 2.05) is 35.7 Å². The molecule has 0 N–H and O–H groups in total. The molecule has 0 atom stereocenters. The van der Waals surface area contributed by atoms with Crippen LogP contribution in [0.25, 0.3) is 6.08 Å². The lowest BCUT2D eigenvalue weighted by Crippen LogP contribution is -2.14. The highest BCUT2D eigenvalue weighted by Gasteiger charge is 2.22. The van der Waals surface area contributed by atoms with Gasteiger partial charge in [0.2, 0.25) is 0 Å². The van der Waals surface area contributed by atoms with Gasteiger partial charge >= 0.3 is 0 Å². The predicted octanol–water partition coefficient (Wildman–Crippen LogP) is 3.97. The first kappa shape index (κ1) is 12.2. The van der Waals surface area contributed by atoms with Gasteiger partial charge in [0.25, 0.3) is 0 Å². The van der Waals surface area contributed by atoms with Crippen LogP contribution in [0.15, 0.2) is 40.6 Å². The van der Waals surface area contributed by atoms with Gasteiger partial charge in [-0.25, -0.2) is 0 Å². The number of methoxy groups -OCH3 is 1. The minimum absolute atomic E-state index is 0.148. The Kier molecular flexibility index (Phi) is 3.22. The number of carbonyl (C=O) groups excluding carboxylic acids is 1. The van der Waals surface area contributed by atoms with Gasteiger partial charge in [-0.1, -0.05) is 0 Å². The van der Waals surface area contributed by atoms with Crippen LogP contribution in [0.5, 0.6) is 5.75 Å². The number of ether oxygens (including phenoxy) is 1. The molecule has 1 aromatic carbocycles. The van der Waals surface area contributed by atoms with Gasteiger partial charge in [0.05, 0.1) is 7.11 Å². The Morgan fingerprint density at radius 1 is 1.26 bits per heavy atom. The van der Waals surface area contributed by atoms with Crippen molar-refractivity contribution in [1.29, 1.82) is 0 Å². The molecular formula is C16H14O2S. The molecule has 2 aromatic rings. The minimum Gasteiger partial charge on any atom is -0.497 e. The summed E-state index contributed by atoms with van der Waals surface area (Å²) in [7, 11) is 1.65. The molecule has 1 aromatic heterocycles. The van der Waals surface area contributed by atoms with Gasteiger partial charge in [0.15, 0.2) is 5.78 Å². The third-order valence-corrected chi connectivity index (χ3v) is 4.10. The normalized spacial score (nSPS) is 16.5. The number of rotatable bonds is 2. The Morgan fingerprint density at radius 2 is 2.16 bits per heavy atom. The molecule has 19 heavy (non-hydrogen) atoms. The molecule has 0 spiro atoms. The van der Waals surface area contributed by atoms with Crippen LogP contribution in [0.4, 0.5) is 0 Å². The maximum absolute atomic E-state index is 12.4. The van der Waals surface area contributed by atoms with Gasteiger partial charge in [-0.3, -0.25) is 4.79 Å². The zero-order valence-corrected chi connectivity index (χ0v) is 11.5. The molecule has 0 saturated carbocycles. The van der Waals surface area contributed by atoms with Crippen molar-refractivity contribution < 1.29 is 9.53 Å². The second-order valence-electron chi connectivity index (χ2n) is 4.58. The summed E-state index contributed by atoms with van der Waals surface area (Å²) >= 11 is 1.65. The van der Waals surface area contributed by atoms with Crippen molar-refractivity contribution >= 4 is 23.2 Å². The zero-order valence-electron chi connectivity index (χ0n) is 10.7. The zero-order chi connectivity index (χ0) is 13.2. The molecule has 0 fully saturated rings. The SMILES string of the molecule is COc1ccc2c(c1)CC/C(=C\c1ccsc1)C2=O. The second kappa shape index (κ2) is 5.02. The number of carbonyl (C=O) groups is 1. The Balaban J connectivity index is 1.96. The van der Waals surface area contributed by atoms with Gasteiger partial charge in [0, 0.05) is 11.1 Å². The number of ketones is 1. The van der Waals surface area contributed by atoms with E-state index in [-0.39, 0.29) is 5.78 Å². The third kappa shape index (κ3) is 2.34. The molecule has 1 aliphatic carbocycles. The summed E-state index contributed by atoms with van der Waals surface area (Å²) in [5.41, 5.74) is 3.92. The lowest BCUT2D eigenvalue weighted by atomic mass is 9.86. The minimum atomic E-state index is 0.148. The summed E-state index contributed by atoms with van der Waals surface area (Å²) in [6.07, 6.45) is 3.70. The fourth-order valence-corrected chi connectivity index (χ4v) is 3.00. The maximum Gasteiger partial charge on any atom is 0.189 e. The van der Waals surface area contributed by atoms with E-state index in [0.717, 1.165) is 40.9 Å². The summed E-state index contributed by atoms with van der Waals surface area (Å²) in [5.74, 6) is 0.965. The smallest absolute Gasteiger partial charge is 0.189 e. The predicted molar refractivity (Wildman–Crippen MR) is 77.9 cm³/mol. The highest BCUT2D eigenvalue weighted by molar-refractivity contribution is 7.08. The number of thiophene rings is 1. The Bertz CT molecular complexity index is 639. The molecule has 0 saturated heterocycles. The van der Waals surface area contributed by atoms with Gasteiger partial charge < -0.3 is 4.74 Å². The van der Waals surface area contributed by atoms with Crippen LogP contribution in [0.3, 0.4) is 0 Å². The van der Waals surface area contributed by atoms with Crippen molar-refractivity contribution in [1.82, 2.24) is 0 Å². The number of allylic oxidation sites excluding steroid dienone is 1. The van der Waals surface area contributed by atoms with Gasteiger partial charge in [-0.05, 0) is 65.1 Å². The summed E-state index contributed by atoms with van der Waals surface area (Å²) in [6.45, 7) is 0. The molecule has 96 valence electrons. The second-order valence-corrected chi connectivity index (χ2v) is 5.36. The van der Waals surface area contributed by atoms with Gasteiger partial charge in [0.1, 0.15) is 5.75 Å². The van der Waals surface area contributed by atoms with Crippen molar-refractivity contribution in [2.24, 2.45) is 0 Å². The van der Waals surface area contributed by atoms with Crippen LogP contribution in [0.2, 0.25) is 0 Å². The van der Waals surface area contributed by atoms with E-state index >= 15 is 0 Å². The van der Waals surface area contributed by atoms with E-state index in [4.69, 9.17) is 4.74 Å². The molecule has 0 bridgehead atoms. The number of hydrogen-bond donors (Lipinski definition) is 0. The Labute approximate surface area is 116 Å². The van der Waals surface area contributed by atoms with Crippen LogP contribution in [-0.2, 0) is 6.42 Å². The number of benzene rings is 1. The molecule has 3 rings (SSSR count). The van der Waals surface area contributed by atoms with Crippen LogP contribution >= 0.6 is 11.3 Å². The van der Waals surface area contributed by atoms with E-state index in [0.29, 0.717) is 0 Å². The summed E-state index contributed by atoms with van der Waals surface area (Å²) in [5, 5.41) is 4.09. The van der Waals surface area contributed by atoms with Crippen LogP contribution < -0.4 is 4.74 Å². The molecule has 0 radical (unpaired) electrons. The topological polar surface area (TPSA) is 26.3 Å². The maximum atomic E-state index is 12.4. The fourth-order valence-electron chi connectivity index (χ4n) is 2.38. The van der Waals surface area contributed by atoms with E-state index in [9.17, 15) is 4.79 Å². The van der Waals surface area contributed by atoms with Crippen molar-refractivity contribution in [3.63, 3.8) is 0 Å². The van der Waals surface area contributed by atoms with Crippen LogP contribution in [0.1, 0.15) is 27.9 Å². The van der Waals surface area contributed by atoms with Gasteiger partial charge in [-0.2, -0.15) is 11.3 Å². The lowest BCUT2D eigenvalue weighted by Gasteiger charge is -2.18.